The van der Waals surface area contributed by atoms with Crippen molar-refractivity contribution in [3.8, 4) is 67.7 Å². The smallest absolute Gasteiger partial charge is 0.164 e. The predicted octanol–water partition coefficient (Wildman–Crippen LogP) is 15.5. The van der Waals surface area contributed by atoms with Gasteiger partial charge in [0.1, 0.15) is 11.2 Å². The van der Waals surface area contributed by atoms with E-state index >= 15 is 0 Å². The summed E-state index contributed by atoms with van der Waals surface area (Å²) in [6.45, 7) is 0. The van der Waals surface area contributed by atoms with Crippen molar-refractivity contribution in [3.05, 3.63) is 211 Å². The zero-order valence-corrected chi connectivity index (χ0v) is 35.3. The van der Waals surface area contributed by atoms with Crippen LogP contribution in [0.1, 0.15) is 17.9 Å². The van der Waals surface area contributed by atoms with Gasteiger partial charge in [-0.2, -0.15) is 0 Å². The van der Waals surface area contributed by atoms with Crippen LogP contribution in [0, 0.1) is 0 Å². The highest BCUT2D eigenvalue weighted by Gasteiger charge is 2.34. The Kier molecular flexibility index (Phi) is 8.52. The fourth-order valence-corrected chi connectivity index (χ4v) is 11.0. The van der Waals surface area contributed by atoms with Crippen molar-refractivity contribution < 1.29 is 4.42 Å². The van der Waals surface area contributed by atoms with Crippen molar-refractivity contribution in [3.63, 3.8) is 0 Å². The zero-order chi connectivity index (χ0) is 42.1. The van der Waals surface area contributed by atoms with Crippen LogP contribution >= 0.6 is 11.8 Å². The van der Waals surface area contributed by atoms with Crippen LogP contribution in [0.4, 0.5) is 0 Å². The van der Waals surface area contributed by atoms with E-state index in [2.05, 4.69) is 158 Å². The maximum Gasteiger partial charge on any atom is 0.164 e. The van der Waals surface area contributed by atoms with Gasteiger partial charge in [0.15, 0.2) is 17.5 Å². The van der Waals surface area contributed by atoms with Gasteiger partial charge in [-0.1, -0.05) is 200 Å². The third-order valence-electron chi connectivity index (χ3n) is 12.7. The first-order valence-corrected chi connectivity index (χ1v) is 22.5. The van der Waals surface area contributed by atoms with Crippen molar-refractivity contribution >= 4 is 55.4 Å². The summed E-state index contributed by atoms with van der Waals surface area (Å²) >= 11 is 1.89. The minimum atomic E-state index is 0.305. The second-order valence-electron chi connectivity index (χ2n) is 16.4. The number of nitrogens with zero attached hydrogens (tertiary/aromatic N) is 4. The molecule has 6 heteroatoms. The normalized spacial score (nSPS) is 14.3. The Bertz CT molecular complexity index is 3730. The summed E-state index contributed by atoms with van der Waals surface area (Å²) in [6.07, 6.45) is 7.76. The van der Waals surface area contributed by atoms with Crippen LogP contribution in [0.15, 0.2) is 214 Å². The molecule has 0 amide bonds. The SMILES string of the molecule is C1=CCC2C(=C1)Sc1c(-c3cccc4ccccc34)nc3c(-c4cccc(-c5nc(-c6ccccc6)nc(-c6ccc(-c7cccc8c7oc7ccccc78)cc6)n5)c4)cccc3c12. The number of rotatable bonds is 6. The number of benzene rings is 8. The van der Waals surface area contributed by atoms with Crippen molar-refractivity contribution in [1.29, 1.82) is 0 Å². The van der Waals surface area contributed by atoms with Crippen LogP contribution < -0.4 is 0 Å². The van der Waals surface area contributed by atoms with Gasteiger partial charge in [-0.05, 0) is 50.9 Å². The second kappa shape index (κ2) is 14.9. The van der Waals surface area contributed by atoms with E-state index in [4.69, 9.17) is 24.4 Å². The summed E-state index contributed by atoms with van der Waals surface area (Å²) in [5, 5.41) is 5.84. The highest BCUT2D eigenvalue weighted by atomic mass is 32.2. The molecule has 0 saturated carbocycles. The highest BCUT2D eigenvalue weighted by Crippen LogP contribution is 2.57. The molecule has 13 rings (SSSR count). The van der Waals surface area contributed by atoms with Gasteiger partial charge in [-0.3, -0.25) is 0 Å². The van der Waals surface area contributed by atoms with Crippen LogP contribution in [0.2, 0.25) is 0 Å². The molecule has 300 valence electrons. The molecule has 1 aliphatic heterocycles. The molecule has 0 radical (unpaired) electrons. The fraction of sp³-hybridized carbons (Fsp3) is 0.0345. The van der Waals surface area contributed by atoms with Crippen LogP contribution in [-0.4, -0.2) is 19.9 Å². The molecule has 0 saturated heterocycles. The molecular formula is C58H36N4OS. The van der Waals surface area contributed by atoms with Crippen molar-refractivity contribution in [1.82, 2.24) is 19.9 Å². The minimum Gasteiger partial charge on any atom is -0.455 e. The molecule has 0 spiro atoms. The molecule has 0 bridgehead atoms. The highest BCUT2D eigenvalue weighted by molar-refractivity contribution is 8.03. The second-order valence-corrected chi connectivity index (χ2v) is 17.5. The van der Waals surface area contributed by atoms with Gasteiger partial charge in [0.05, 0.1) is 11.2 Å². The molecule has 1 atom stereocenters. The first-order valence-electron chi connectivity index (χ1n) is 21.6. The molecular weight excluding hydrogens is 801 g/mol. The Balaban J connectivity index is 0.942. The monoisotopic (exact) mass is 836 g/mol. The number of furan rings is 1. The molecule has 2 aliphatic rings. The van der Waals surface area contributed by atoms with E-state index in [-0.39, 0.29) is 0 Å². The molecule has 4 heterocycles. The molecule has 1 unspecified atom stereocenters. The Morgan fingerprint density at radius 2 is 1.08 bits per heavy atom. The number of thioether (sulfide) groups is 1. The van der Waals surface area contributed by atoms with Gasteiger partial charge in [0.2, 0.25) is 0 Å². The van der Waals surface area contributed by atoms with E-state index in [1.807, 2.05) is 54.2 Å². The standard InChI is InChI=1S/C58H36N4OS/c1-2-15-37(16-3-1)56-60-57(38-32-30-36(31-33-38)43-24-13-26-46-44-21-6-8-28-49(44)63-54(43)46)62-58(61-56)40-19-10-18-39(34-40)42-23-12-27-48-51-47-22-7-9-29-50(47)64-55(51)53(59-52(42)48)45-25-11-17-35-14-4-5-20-41(35)45/h1-21,23-34,47H,22H2. The lowest BCUT2D eigenvalue weighted by molar-refractivity contribution is 0.670. The Labute approximate surface area is 373 Å². The lowest BCUT2D eigenvalue weighted by atomic mass is 9.87. The predicted molar refractivity (Wildman–Crippen MR) is 263 cm³/mol. The molecule has 64 heavy (non-hydrogen) atoms. The number of pyridine rings is 1. The maximum atomic E-state index is 6.39. The lowest BCUT2D eigenvalue weighted by Crippen LogP contribution is -2.01. The third-order valence-corrected chi connectivity index (χ3v) is 14.0. The quantitative estimate of drug-likeness (QED) is 0.166. The zero-order valence-electron chi connectivity index (χ0n) is 34.4. The average Bonchev–Trinajstić information content (AvgIpc) is 3.96. The minimum absolute atomic E-state index is 0.305. The van der Waals surface area contributed by atoms with Crippen LogP contribution in [-0.2, 0) is 0 Å². The number of aromatic nitrogens is 4. The van der Waals surface area contributed by atoms with Gasteiger partial charge in [-0.25, -0.2) is 19.9 Å². The number of hydrogen-bond acceptors (Lipinski definition) is 6. The molecule has 11 aromatic rings. The van der Waals surface area contributed by atoms with E-state index in [9.17, 15) is 0 Å². The van der Waals surface area contributed by atoms with Crippen LogP contribution in [0.25, 0.3) is 111 Å². The maximum absolute atomic E-state index is 6.39. The Morgan fingerprint density at radius 3 is 1.94 bits per heavy atom. The molecule has 5 nitrogen and oxygen atoms in total. The molecule has 8 aromatic carbocycles. The Hall–Kier alpha value is -7.93. The number of hydrogen-bond donors (Lipinski definition) is 0. The average molecular weight is 837 g/mol. The fourth-order valence-electron chi connectivity index (χ4n) is 9.63. The van der Waals surface area contributed by atoms with Crippen molar-refractivity contribution in [2.45, 2.75) is 17.2 Å². The van der Waals surface area contributed by atoms with E-state index in [0.717, 1.165) is 84.1 Å². The number of para-hydroxylation sites is 3. The lowest BCUT2D eigenvalue weighted by Gasteiger charge is -2.18. The van der Waals surface area contributed by atoms with Gasteiger partial charge in [-0.15, -0.1) is 0 Å². The van der Waals surface area contributed by atoms with E-state index in [1.165, 1.54) is 31.5 Å². The first kappa shape index (κ1) is 36.7. The summed E-state index contributed by atoms with van der Waals surface area (Å²) in [5.41, 5.74) is 13.3. The topological polar surface area (TPSA) is 64.7 Å². The Morgan fingerprint density at radius 1 is 0.469 bits per heavy atom. The van der Waals surface area contributed by atoms with Gasteiger partial charge >= 0.3 is 0 Å². The van der Waals surface area contributed by atoms with Crippen molar-refractivity contribution in [2.24, 2.45) is 0 Å². The van der Waals surface area contributed by atoms with E-state index in [0.29, 0.717) is 23.4 Å². The van der Waals surface area contributed by atoms with E-state index < -0.39 is 0 Å². The summed E-state index contributed by atoms with van der Waals surface area (Å²) < 4.78 is 6.39. The summed E-state index contributed by atoms with van der Waals surface area (Å²) in [6, 6.07) is 63.5. The first-order chi connectivity index (χ1) is 31.7. The largest absolute Gasteiger partial charge is 0.455 e. The van der Waals surface area contributed by atoms with Crippen LogP contribution in [0.5, 0.6) is 0 Å². The van der Waals surface area contributed by atoms with Crippen LogP contribution in [0.3, 0.4) is 0 Å². The molecule has 0 fully saturated rings. The summed E-state index contributed by atoms with van der Waals surface area (Å²) in [4.78, 5) is 23.7. The van der Waals surface area contributed by atoms with Gasteiger partial charge in [0.25, 0.3) is 0 Å². The van der Waals surface area contributed by atoms with Gasteiger partial charge < -0.3 is 4.42 Å². The summed E-state index contributed by atoms with van der Waals surface area (Å²) in [5.74, 6) is 2.13. The third kappa shape index (κ3) is 6.02. The van der Waals surface area contributed by atoms with Crippen molar-refractivity contribution in [2.75, 3.05) is 0 Å². The summed E-state index contributed by atoms with van der Waals surface area (Å²) in [7, 11) is 0. The number of allylic oxidation sites excluding steroid dienone is 4. The van der Waals surface area contributed by atoms with E-state index in [1.54, 1.807) is 0 Å². The molecule has 3 aromatic heterocycles. The molecule has 1 aliphatic carbocycles. The molecule has 0 N–H and O–H groups in total. The van der Waals surface area contributed by atoms with Gasteiger partial charge in [0, 0.05) is 60.4 Å². The number of fused-ring (bicyclic) bond motifs is 9.